The fourth-order valence-corrected chi connectivity index (χ4v) is 12.2. The number of fused-ring (bicyclic) bond motifs is 20. The number of hydrogen-bond acceptors (Lipinski definition) is 9. The Balaban J connectivity index is 0.00000278. The standard InChI is InChI=1S/C33H55N9.Zn/c34-16-17-8-7-15-24-25(17)33-41-31-23-14-6-5-13-22(23)29(39-31)37-27-19-10-2-1-9-18(19)26(35-27)36-28-20-11-3-4-12-21(20)30(38-28)40-32(24)42-33;/h17-33,35-42H,1-15H2;. The molecule has 0 aromatic carbocycles. The van der Waals surface area contributed by atoms with Crippen LogP contribution in [0.5, 0.6) is 0 Å². The van der Waals surface area contributed by atoms with Crippen LogP contribution in [0.1, 0.15) is 96.3 Å². The van der Waals surface area contributed by atoms with Crippen LogP contribution in [-0.4, -0.2) is 49.3 Å². The summed E-state index contributed by atoms with van der Waals surface area (Å²) >= 11 is 0. The van der Waals surface area contributed by atoms with Crippen LogP contribution in [0.2, 0.25) is 0 Å². The Morgan fingerprint density at radius 3 is 0.953 bits per heavy atom. The van der Waals surface area contributed by atoms with Crippen LogP contribution in [0.25, 0.3) is 0 Å². The monoisotopic (exact) mass is 641 g/mol. The summed E-state index contributed by atoms with van der Waals surface area (Å²) in [6.07, 6.45) is 22.1. The van der Waals surface area contributed by atoms with E-state index < -0.39 is 0 Å². The zero-order valence-corrected chi connectivity index (χ0v) is 29.0. The van der Waals surface area contributed by atoms with Crippen molar-refractivity contribution in [3.8, 4) is 6.07 Å². The second-order valence-electron chi connectivity index (χ2n) is 15.9. The second kappa shape index (κ2) is 12.4. The number of nitrogens with one attached hydrogen (secondary N) is 8. The van der Waals surface area contributed by atoms with E-state index in [-0.39, 0.29) is 37.7 Å². The zero-order valence-electron chi connectivity index (χ0n) is 26.1. The zero-order chi connectivity index (χ0) is 27.8. The van der Waals surface area contributed by atoms with Crippen molar-refractivity contribution in [2.24, 2.45) is 53.3 Å². The number of nitrogens with zero attached hydrogens (tertiary/aromatic N) is 1. The first kappa shape index (κ1) is 30.1. The predicted octanol–water partition coefficient (Wildman–Crippen LogP) is 2.35. The third-order valence-electron chi connectivity index (χ3n) is 14.1. The van der Waals surface area contributed by atoms with Gasteiger partial charge >= 0.3 is 0 Å². The van der Waals surface area contributed by atoms with Gasteiger partial charge in [0.2, 0.25) is 0 Å². The van der Waals surface area contributed by atoms with E-state index in [9.17, 15) is 5.26 Å². The summed E-state index contributed by atoms with van der Waals surface area (Å²) in [4.78, 5) is 0. The maximum Gasteiger partial charge on any atom is 0.0659 e. The molecule has 8 N–H and O–H groups in total. The molecule has 17 unspecified atom stereocenters. The Hall–Kier alpha value is -0.207. The largest absolute Gasteiger partial charge is 0.286 e. The molecule has 10 heteroatoms. The molecule has 5 aliphatic heterocycles. The van der Waals surface area contributed by atoms with E-state index >= 15 is 0 Å². The minimum Gasteiger partial charge on any atom is -0.286 e. The third-order valence-corrected chi connectivity index (χ3v) is 14.1. The van der Waals surface area contributed by atoms with Crippen molar-refractivity contribution in [1.82, 2.24) is 42.5 Å². The summed E-state index contributed by atoms with van der Waals surface area (Å²) in [5.74, 6) is 5.11. The van der Waals surface area contributed by atoms with Gasteiger partial charge in [-0.15, -0.1) is 0 Å². The van der Waals surface area contributed by atoms with Crippen molar-refractivity contribution in [1.29, 1.82) is 5.26 Å². The fraction of sp³-hybridized carbons (Fsp3) is 0.970. The van der Waals surface area contributed by atoms with E-state index in [1.54, 1.807) is 0 Å². The summed E-state index contributed by atoms with van der Waals surface area (Å²) in [5.41, 5.74) is 0. The van der Waals surface area contributed by atoms with Gasteiger partial charge in [0.25, 0.3) is 0 Å². The second-order valence-corrected chi connectivity index (χ2v) is 15.9. The van der Waals surface area contributed by atoms with Gasteiger partial charge < -0.3 is 0 Å². The van der Waals surface area contributed by atoms with Crippen molar-refractivity contribution in [2.45, 2.75) is 146 Å². The smallest absolute Gasteiger partial charge is 0.0659 e. The molecule has 9 nitrogen and oxygen atoms in total. The van der Waals surface area contributed by atoms with Gasteiger partial charge in [-0.05, 0) is 92.8 Å². The summed E-state index contributed by atoms with van der Waals surface area (Å²) in [6.45, 7) is 0. The molecule has 9 aliphatic rings. The molecule has 0 aromatic rings. The molecule has 0 amide bonds. The molecule has 9 fully saturated rings. The van der Waals surface area contributed by atoms with Crippen LogP contribution in [0.4, 0.5) is 0 Å². The molecule has 234 valence electrons. The molecule has 9 rings (SSSR count). The van der Waals surface area contributed by atoms with Gasteiger partial charge in [-0.3, -0.25) is 42.5 Å². The van der Waals surface area contributed by atoms with E-state index in [2.05, 4.69) is 48.6 Å². The summed E-state index contributed by atoms with van der Waals surface area (Å²) in [5, 5.41) is 43.7. The van der Waals surface area contributed by atoms with Crippen LogP contribution < -0.4 is 42.5 Å². The first-order valence-electron chi connectivity index (χ1n) is 18.2. The minimum atomic E-state index is 0. The molecule has 0 radical (unpaired) electrons. The van der Waals surface area contributed by atoms with Crippen molar-refractivity contribution in [2.75, 3.05) is 0 Å². The molecule has 4 aliphatic carbocycles. The third kappa shape index (κ3) is 5.20. The molecular formula is C33H55N9Zn. The average Bonchev–Trinajstić information content (AvgIpc) is 3.76. The molecule has 0 aromatic heterocycles. The van der Waals surface area contributed by atoms with Crippen LogP contribution in [0.3, 0.4) is 0 Å². The van der Waals surface area contributed by atoms with Gasteiger partial charge in [0.1, 0.15) is 0 Å². The average molecular weight is 643 g/mol. The van der Waals surface area contributed by atoms with E-state index in [0.29, 0.717) is 84.3 Å². The van der Waals surface area contributed by atoms with Crippen LogP contribution in [0, 0.1) is 64.6 Å². The quantitative estimate of drug-likeness (QED) is 0.188. The fourth-order valence-electron chi connectivity index (χ4n) is 12.2. The van der Waals surface area contributed by atoms with Crippen molar-refractivity contribution in [3.05, 3.63) is 0 Å². The van der Waals surface area contributed by atoms with Gasteiger partial charge in [-0.1, -0.05) is 44.9 Å². The predicted molar refractivity (Wildman–Crippen MR) is 162 cm³/mol. The number of nitriles is 1. The number of hydrogen-bond donors (Lipinski definition) is 8. The first-order valence-corrected chi connectivity index (χ1v) is 18.2. The van der Waals surface area contributed by atoms with Gasteiger partial charge in [0, 0.05) is 25.4 Å². The molecule has 4 saturated carbocycles. The molecule has 5 saturated heterocycles. The molecule has 5 heterocycles. The Morgan fingerprint density at radius 1 is 0.349 bits per heavy atom. The molecular weight excluding hydrogens is 588 g/mol. The molecule has 43 heavy (non-hydrogen) atoms. The maximum atomic E-state index is 10.3. The summed E-state index contributed by atoms with van der Waals surface area (Å²) in [7, 11) is 0. The molecule has 0 spiro atoms. The topological polar surface area (TPSA) is 120 Å². The first-order chi connectivity index (χ1) is 20.7. The normalized spacial score (nSPS) is 55.7. The molecule has 8 bridgehead atoms. The van der Waals surface area contributed by atoms with Crippen molar-refractivity contribution in [3.63, 3.8) is 0 Å². The Morgan fingerprint density at radius 2 is 0.628 bits per heavy atom. The van der Waals surface area contributed by atoms with Crippen LogP contribution >= 0.6 is 0 Å². The van der Waals surface area contributed by atoms with Crippen LogP contribution in [-0.2, 0) is 19.5 Å². The Bertz CT molecular complexity index is 1040. The van der Waals surface area contributed by atoms with Gasteiger partial charge in [-0.25, -0.2) is 0 Å². The minimum absolute atomic E-state index is 0. The maximum absolute atomic E-state index is 10.3. The molecule has 17 atom stereocenters. The summed E-state index contributed by atoms with van der Waals surface area (Å²) < 4.78 is 0. The SMILES string of the molecule is N#CC1CCCC2C3NC4NC(NC5NC(NC6NC(NC(N3)C12)C1CCCCC61)C1CCCCC51)C1CCCCC41.[Zn]. The van der Waals surface area contributed by atoms with Gasteiger partial charge in [-0.2, -0.15) is 5.26 Å². The summed E-state index contributed by atoms with van der Waals surface area (Å²) in [6, 6.07) is 2.77. The van der Waals surface area contributed by atoms with E-state index in [4.69, 9.17) is 0 Å². The number of rotatable bonds is 0. The Labute approximate surface area is 271 Å². The van der Waals surface area contributed by atoms with E-state index in [1.165, 1.54) is 89.9 Å². The van der Waals surface area contributed by atoms with Crippen molar-refractivity contribution < 1.29 is 19.5 Å². The van der Waals surface area contributed by atoms with Gasteiger partial charge in [0.15, 0.2) is 0 Å². The van der Waals surface area contributed by atoms with Crippen LogP contribution in [0.15, 0.2) is 0 Å². The van der Waals surface area contributed by atoms with Crippen molar-refractivity contribution >= 4 is 0 Å². The Kier molecular flexibility index (Phi) is 8.72. The van der Waals surface area contributed by atoms with Gasteiger partial charge in [0.05, 0.1) is 61.3 Å². The van der Waals surface area contributed by atoms with E-state index in [0.717, 1.165) is 6.42 Å². The van der Waals surface area contributed by atoms with E-state index in [1.807, 2.05) is 0 Å².